The minimum absolute atomic E-state index is 0.370. The summed E-state index contributed by atoms with van der Waals surface area (Å²) in [6.07, 6.45) is 1.95. The van der Waals surface area contributed by atoms with Crippen molar-refractivity contribution in [1.82, 2.24) is 5.32 Å². The molecule has 2 heteroatoms. The standard InChI is InChI=1S/C14H22N2/c1-5-11-16(6-2)14-10-8-7-9-13(14)12(3)15-4/h5,7-10,12,15H,1,6,11H2,2-4H3. The minimum atomic E-state index is 0.370. The van der Waals surface area contributed by atoms with Crippen LogP contribution in [0.1, 0.15) is 25.5 Å². The van der Waals surface area contributed by atoms with E-state index in [4.69, 9.17) is 0 Å². The van der Waals surface area contributed by atoms with Crippen LogP contribution in [0, 0.1) is 0 Å². The predicted octanol–water partition coefficient (Wildman–Crippen LogP) is 2.98. The maximum Gasteiger partial charge on any atom is 0.0417 e. The molecule has 0 radical (unpaired) electrons. The van der Waals surface area contributed by atoms with Crippen molar-refractivity contribution in [2.45, 2.75) is 19.9 Å². The van der Waals surface area contributed by atoms with E-state index in [1.807, 2.05) is 13.1 Å². The van der Waals surface area contributed by atoms with E-state index in [-0.39, 0.29) is 0 Å². The third kappa shape index (κ3) is 2.86. The van der Waals surface area contributed by atoms with E-state index in [0.717, 1.165) is 13.1 Å². The third-order valence-corrected chi connectivity index (χ3v) is 2.91. The summed E-state index contributed by atoms with van der Waals surface area (Å²) >= 11 is 0. The molecule has 0 bridgehead atoms. The molecule has 0 spiro atoms. The van der Waals surface area contributed by atoms with Crippen LogP contribution in [0.5, 0.6) is 0 Å². The van der Waals surface area contributed by atoms with Crippen molar-refractivity contribution >= 4 is 5.69 Å². The van der Waals surface area contributed by atoms with Crippen molar-refractivity contribution in [2.75, 3.05) is 25.0 Å². The molecule has 0 aliphatic carbocycles. The van der Waals surface area contributed by atoms with Crippen LogP contribution in [0.25, 0.3) is 0 Å². The number of anilines is 1. The Kier molecular flexibility index (Phi) is 5.06. The van der Waals surface area contributed by atoms with Gasteiger partial charge in [-0.25, -0.2) is 0 Å². The van der Waals surface area contributed by atoms with Gasteiger partial charge in [-0.05, 0) is 32.5 Å². The molecule has 1 N–H and O–H groups in total. The van der Waals surface area contributed by atoms with Crippen LogP contribution < -0.4 is 10.2 Å². The number of rotatable bonds is 6. The Labute approximate surface area is 99.0 Å². The number of hydrogen-bond acceptors (Lipinski definition) is 2. The number of benzene rings is 1. The number of likely N-dealkylation sites (N-methyl/N-ethyl adjacent to an activating group) is 1. The lowest BCUT2D eigenvalue weighted by Gasteiger charge is -2.26. The fraction of sp³-hybridized carbons (Fsp3) is 0.429. The first-order chi connectivity index (χ1) is 7.74. The summed E-state index contributed by atoms with van der Waals surface area (Å²) in [5, 5.41) is 3.29. The molecule has 0 saturated carbocycles. The Morgan fingerprint density at radius 1 is 1.44 bits per heavy atom. The minimum Gasteiger partial charge on any atom is -0.368 e. The Hall–Kier alpha value is -1.28. The third-order valence-electron chi connectivity index (χ3n) is 2.91. The molecule has 16 heavy (non-hydrogen) atoms. The molecule has 1 unspecified atom stereocenters. The van der Waals surface area contributed by atoms with Gasteiger partial charge in [0.05, 0.1) is 0 Å². The second kappa shape index (κ2) is 6.33. The van der Waals surface area contributed by atoms with Gasteiger partial charge in [-0.3, -0.25) is 0 Å². The topological polar surface area (TPSA) is 15.3 Å². The second-order valence-corrected chi connectivity index (χ2v) is 3.90. The first-order valence-electron chi connectivity index (χ1n) is 5.86. The molecular formula is C14H22N2. The molecule has 1 aromatic rings. The quantitative estimate of drug-likeness (QED) is 0.738. The lowest BCUT2D eigenvalue weighted by atomic mass is 10.1. The smallest absolute Gasteiger partial charge is 0.0417 e. The Bertz CT molecular complexity index is 333. The Morgan fingerprint density at radius 3 is 2.69 bits per heavy atom. The maximum absolute atomic E-state index is 3.81. The predicted molar refractivity (Wildman–Crippen MR) is 72.0 cm³/mol. The average molecular weight is 218 g/mol. The highest BCUT2D eigenvalue weighted by molar-refractivity contribution is 5.55. The number of nitrogens with zero attached hydrogens (tertiary/aromatic N) is 1. The van der Waals surface area contributed by atoms with Crippen LogP contribution in [0.2, 0.25) is 0 Å². The van der Waals surface area contributed by atoms with E-state index < -0.39 is 0 Å². The summed E-state index contributed by atoms with van der Waals surface area (Å²) in [7, 11) is 1.99. The fourth-order valence-electron chi connectivity index (χ4n) is 1.85. The van der Waals surface area contributed by atoms with E-state index >= 15 is 0 Å². The zero-order valence-electron chi connectivity index (χ0n) is 10.5. The van der Waals surface area contributed by atoms with E-state index in [0.29, 0.717) is 6.04 Å². The van der Waals surface area contributed by atoms with Crippen molar-refractivity contribution in [1.29, 1.82) is 0 Å². The van der Waals surface area contributed by atoms with E-state index in [1.54, 1.807) is 0 Å². The lowest BCUT2D eigenvalue weighted by molar-refractivity contribution is 0.649. The molecule has 1 aromatic carbocycles. The van der Waals surface area contributed by atoms with Crippen LogP contribution >= 0.6 is 0 Å². The molecule has 0 heterocycles. The molecule has 0 saturated heterocycles. The van der Waals surface area contributed by atoms with Gasteiger partial charge in [0, 0.05) is 24.8 Å². The van der Waals surface area contributed by atoms with E-state index in [9.17, 15) is 0 Å². The van der Waals surface area contributed by atoms with Crippen LogP contribution in [-0.4, -0.2) is 20.1 Å². The van der Waals surface area contributed by atoms with Crippen molar-refractivity contribution in [3.63, 3.8) is 0 Å². The second-order valence-electron chi connectivity index (χ2n) is 3.90. The first kappa shape index (κ1) is 12.8. The van der Waals surface area contributed by atoms with Gasteiger partial charge in [0.15, 0.2) is 0 Å². The molecule has 2 nitrogen and oxygen atoms in total. The maximum atomic E-state index is 3.81. The number of hydrogen-bond donors (Lipinski definition) is 1. The van der Waals surface area contributed by atoms with Gasteiger partial charge < -0.3 is 10.2 Å². The van der Waals surface area contributed by atoms with Crippen molar-refractivity contribution in [3.05, 3.63) is 42.5 Å². The molecule has 0 aliphatic rings. The summed E-state index contributed by atoms with van der Waals surface area (Å²) in [6.45, 7) is 10.1. The molecule has 1 rings (SSSR count). The number of para-hydroxylation sites is 1. The highest BCUT2D eigenvalue weighted by Crippen LogP contribution is 2.25. The zero-order valence-corrected chi connectivity index (χ0v) is 10.5. The van der Waals surface area contributed by atoms with Crippen LogP contribution in [0.4, 0.5) is 5.69 Å². The monoisotopic (exact) mass is 218 g/mol. The van der Waals surface area contributed by atoms with Crippen LogP contribution in [0.3, 0.4) is 0 Å². The molecule has 0 amide bonds. The van der Waals surface area contributed by atoms with Crippen LogP contribution in [-0.2, 0) is 0 Å². The van der Waals surface area contributed by atoms with Gasteiger partial charge in [0.25, 0.3) is 0 Å². The largest absolute Gasteiger partial charge is 0.368 e. The van der Waals surface area contributed by atoms with Crippen molar-refractivity contribution < 1.29 is 0 Å². The molecule has 0 fully saturated rings. The SMILES string of the molecule is C=CCN(CC)c1ccccc1C(C)NC. The Balaban J connectivity index is 3.05. The fourth-order valence-corrected chi connectivity index (χ4v) is 1.85. The molecule has 88 valence electrons. The Morgan fingerprint density at radius 2 is 2.12 bits per heavy atom. The van der Waals surface area contributed by atoms with Gasteiger partial charge >= 0.3 is 0 Å². The van der Waals surface area contributed by atoms with Gasteiger partial charge in [-0.1, -0.05) is 24.3 Å². The van der Waals surface area contributed by atoms with Gasteiger partial charge in [-0.15, -0.1) is 6.58 Å². The zero-order chi connectivity index (χ0) is 12.0. The summed E-state index contributed by atoms with van der Waals surface area (Å²) in [4.78, 5) is 2.33. The lowest BCUT2D eigenvalue weighted by Crippen LogP contribution is -2.25. The molecule has 0 aromatic heterocycles. The first-order valence-corrected chi connectivity index (χ1v) is 5.86. The summed E-state index contributed by atoms with van der Waals surface area (Å²) in [5.74, 6) is 0. The summed E-state index contributed by atoms with van der Waals surface area (Å²) < 4.78 is 0. The summed E-state index contributed by atoms with van der Waals surface area (Å²) in [6, 6.07) is 8.91. The molecule has 1 atom stereocenters. The van der Waals surface area contributed by atoms with Crippen molar-refractivity contribution in [3.8, 4) is 0 Å². The van der Waals surface area contributed by atoms with Gasteiger partial charge in [-0.2, -0.15) is 0 Å². The van der Waals surface area contributed by atoms with E-state index in [2.05, 4.69) is 54.9 Å². The molecular weight excluding hydrogens is 196 g/mol. The summed E-state index contributed by atoms with van der Waals surface area (Å²) in [5.41, 5.74) is 2.64. The van der Waals surface area contributed by atoms with Crippen LogP contribution in [0.15, 0.2) is 36.9 Å². The average Bonchev–Trinajstić information content (AvgIpc) is 2.35. The van der Waals surface area contributed by atoms with Gasteiger partial charge in [0.2, 0.25) is 0 Å². The highest BCUT2D eigenvalue weighted by Gasteiger charge is 2.11. The highest BCUT2D eigenvalue weighted by atomic mass is 15.1. The molecule has 0 aliphatic heterocycles. The van der Waals surface area contributed by atoms with Crippen molar-refractivity contribution in [2.24, 2.45) is 0 Å². The normalized spacial score (nSPS) is 12.2. The number of nitrogens with one attached hydrogen (secondary N) is 1. The van der Waals surface area contributed by atoms with E-state index in [1.165, 1.54) is 11.3 Å². The van der Waals surface area contributed by atoms with Gasteiger partial charge in [0.1, 0.15) is 0 Å².